The summed E-state index contributed by atoms with van der Waals surface area (Å²) in [5, 5.41) is 20.0. The summed E-state index contributed by atoms with van der Waals surface area (Å²) in [5.41, 5.74) is 2.06. The molecular weight excluding hydrogens is 375 g/mol. The molecule has 0 aliphatic heterocycles. The third-order valence-corrected chi connectivity index (χ3v) is 4.32. The number of halogens is 1. The number of pyridine rings is 1. The Balaban J connectivity index is 1.62. The average molecular weight is 396 g/mol. The van der Waals surface area contributed by atoms with E-state index < -0.39 is 6.04 Å². The van der Waals surface area contributed by atoms with Gasteiger partial charge in [0.25, 0.3) is 0 Å². The van der Waals surface area contributed by atoms with Crippen LogP contribution in [0, 0.1) is 5.82 Å². The number of imidazole rings is 1. The third kappa shape index (κ3) is 4.04. The van der Waals surface area contributed by atoms with Gasteiger partial charge in [-0.2, -0.15) is 5.10 Å². The number of aromatic amines is 1. The van der Waals surface area contributed by atoms with Crippen molar-refractivity contribution in [3.63, 3.8) is 0 Å². The minimum atomic E-state index is -0.423. The lowest BCUT2D eigenvalue weighted by atomic mass is 10.1. The Morgan fingerprint density at radius 1 is 1.21 bits per heavy atom. The number of nitrogens with one attached hydrogen (secondary N) is 2. The Morgan fingerprint density at radius 3 is 2.72 bits per heavy atom. The summed E-state index contributed by atoms with van der Waals surface area (Å²) in [7, 11) is 0. The number of rotatable bonds is 7. The van der Waals surface area contributed by atoms with Crippen molar-refractivity contribution in [1.29, 1.82) is 0 Å². The summed E-state index contributed by atoms with van der Waals surface area (Å²) in [6.45, 7) is 3.70. The van der Waals surface area contributed by atoms with Crippen molar-refractivity contribution in [3.8, 4) is 11.7 Å². The van der Waals surface area contributed by atoms with E-state index in [9.17, 15) is 9.50 Å². The zero-order valence-corrected chi connectivity index (χ0v) is 16.0. The highest BCUT2D eigenvalue weighted by atomic mass is 19.1. The van der Waals surface area contributed by atoms with Crippen molar-refractivity contribution in [2.45, 2.75) is 26.0 Å². The number of hydrogen-bond acceptors (Lipinski definition) is 6. The summed E-state index contributed by atoms with van der Waals surface area (Å²) in [5.74, 6) is 1.39. The normalized spacial score (nSPS) is 12.4. The van der Waals surface area contributed by atoms with Gasteiger partial charge in [-0.05, 0) is 43.7 Å². The molecule has 3 heterocycles. The lowest BCUT2D eigenvalue weighted by Crippen LogP contribution is -2.15. The van der Waals surface area contributed by atoms with Crippen LogP contribution < -0.4 is 10.1 Å². The van der Waals surface area contributed by atoms with Crippen molar-refractivity contribution < 1.29 is 14.2 Å². The van der Waals surface area contributed by atoms with E-state index in [2.05, 4.69) is 25.5 Å². The Labute approximate surface area is 166 Å². The molecule has 0 aliphatic rings. The fourth-order valence-corrected chi connectivity index (χ4v) is 2.98. The molecule has 0 radical (unpaired) electrons. The van der Waals surface area contributed by atoms with Crippen LogP contribution in [-0.4, -0.2) is 42.5 Å². The molecule has 9 heteroatoms. The van der Waals surface area contributed by atoms with Crippen LogP contribution >= 0.6 is 0 Å². The molecule has 0 saturated heterocycles. The number of H-pyrrole nitrogens is 1. The number of fused-ring (bicyclic) bond motifs is 1. The predicted molar refractivity (Wildman–Crippen MR) is 107 cm³/mol. The minimum absolute atomic E-state index is 0.0265. The molecule has 0 spiro atoms. The first-order chi connectivity index (χ1) is 14.0. The monoisotopic (exact) mass is 396 g/mol. The van der Waals surface area contributed by atoms with Gasteiger partial charge in [-0.3, -0.25) is 4.57 Å². The number of aromatic nitrogens is 5. The number of aliphatic hydroxyl groups excluding tert-OH is 1. The van der Waals surface area contributed by atoms with E-state index in [4.69, 9.17) is 4.74 Å². The topological polar surface area (TPSA) is 101 Å². The first kappa shape index (κ1) is 18.9. The highest BCUT2D eigenvalue weighted by Gasteiger charge is 2.14. The van der Waals surface area contributed by atoms with Crippen molar-refractivity contribution in [2.24, 2.45) is 0 Å². The van der Waals surface area contributed by atoms with Crippen molar-refractivity contribution in [1.82, 2.24) is 24.7 Å². The van der Waals surface area contributed by atoms with Gasteiger partial charge in [0.2, 0.25) is 5.88 Å². The summed E-state index contributed by atoms with van der Waals surface area (Å²) < 4.78 is 20.5. The van der Waals surface area contributed by atoms with E-state index in [0.29, 0.717) is 28.7 Å². The summed E-state index contributed by atoms with van der Waals surface area (Å²) in [6, 6.07) is 10.9. The number of hydrogen-bond donors (Lipinski definition) is 3. The van der Waals surface area contributed by atoms with Gasteiger partial charge < -0.3 is 15.2 Å². The Kier molecular flexibility index (Phi) is 5.13. The molecule has 1 aromatic carbocycles. The quantitative estimate of drug-likeness (QED) is 0.443. The molecule has 8 nitrogen and oxygen atoms in total. The maximum atomic E-state index is 13.2. The maximum absolute atomic E-state index is 13.2. The van der Waals surface area contributed by atoms with Crippen molar-refractivity contribution in [2.75, 3.05) is 11.9 Å². The molecule has 0 saturated carbocycles. The molecule has 0 unspecified atom stereocenters. The van der Waals surface area contributed by atoms with Gasteiger partial charge >= 0.3 is 0 Å². The van der Waals surface area contributed by atoms with Crippen LogP contribution in [0.5, 0.6) is 5.88 Å². The van der Waals surface area contributed by atoms with Gasteiger partial charge in [0, 0.05) is 6.07 Å². The smallest absolute Gasteiger partial charge is 0.211 e. The van der Waals surface area contributed by atoms with Crippen LogP contribution in [0.25, 0.3) is 17.0 Å². The largest absolute Gasteiger partial charge is 0.475 e. The molecule has 0 bridgehead atoms. The van der Waals surface area contributed by atoms with E-state index in [1.165, 1.54) is 12.1 Å². The van der Waals surface area contributed by atoms with Crippen LogP contribution in [0.2, 0.25) is 0 Å². The van der Waals surface area contributed by atoms with E-state index in [1.54, 1.807) is 35.2 Å². The number of anilines is 1. The van der Waals surface area contributed by atoms with Gasteiger partial charge in [-0.1, -0.05) is 12.1 Å². The SMILES string of the molecule is CC(C)Oc1cc(-n2cnc3ccc(N[C@@H](CO)c4ccc(F)cc4)nc32)n[nH]1. The third-order valence-electron chi connectivity index (χ3n) is 4.32. The molecule has 29 heavy (non-hydrogen) atoms. The van der Waals surface area contributed by atoms with Crippen LogP contribution in [-0.2, 0) is 0 Å². The zero-order chi connectivity index (χ0) is 20.4. The zero-order valence-electron chi connectivity index (χ0n) is 16.0. The molecule has 3 N–H and O–H groups in total. The number of aliphatic hydroxyl groups is 1. The van der Waals surface area contributed by atoms with Gasteiger partial charge in [0.15, 0.2) is 11.5 Å². The van der Waals surface area contributed by atoms with Gasteiger partial charge in [-0.25, -0.2) is 19.5 Å². The van der Waals surface area contributed by atoms with Crippen molar-refractivity contribution in [3.05, 3.63) is 60.2 Å². The Hall–Kier alpha value is -3.46. The Morgan fingerprint density at radius 2 is 2.00 bits per heavy atom. The van der Waals surface area contributed by atoms with Crippen LogP contribution in [0.15, 0.2) is 48.8 Å². The Bertz CT molecular complexity index is 1110. The van der Waals surface area contributed by atoms with Gasteiger partial charge in [0.05, 0.1) is 18.8 Å². The fraction of sp³-hybridized carbons (Fsp3) is 0.250. The first-order valence-corrected chi connectivity index (χ1v) is 9.23. The highest BCUT2D eigenvalue weighted by Crippen LogP contribution is 2.23. The molecular formula is C20H21FN6O2. The summed E-state index contributed by atoms with van der Waals surface area (Å²) in [4.78, 5) is 8.98. The fourth-order valence-electron chi connectivity index (χ4n) is 2.98. The molecule has 0 amide bonds. The summed E-state index contributed by atoms with van der Waals surface area (Å²) >= 11 is 0. The minimum Gasteiger partial charge on any atom is -0.475 e. The standard InChI is InChI=1S/C20H21FN6O2/c1-12(2)29-19-9-18(25-26-19)27-11-22-15-7-8-17(24-20(15)27)23-16(10-28)13-3-5-14(21)6-4-13/h3-9,11-12,16,28H,10H2,1-2H3,(H,23,24)(H,25,26)/t16-/m0/s1. The molecule has 4 rings (SSSR count). The van der Waals surface area contributed by atoms with Crippen molar-refractivity contribution >= 4 is 17.0 Å². The molecule has 0 aliphatic carbocycles. The maximum Gasteiger partial charge on any atom is 0.211 e. The second-order valence-corrected chi connectivity index (χ2v) is 6.84. The number of ether oxygens (including phenoxy) is 1. The van der Waals surface area contributed by atoms with Gasteiger partial charge in [0.1, 0.15) is 23.5 Å². The number of nitrogens with zero attached hydrogens (tertiary/aromatic N) is 4. The lowest BCUT2D eigenvalue weighted by Gasteiger charge is -2.17. The van der Waals surface area contributed by atoms with E-state index in [1.807, 2.05) is 19.9 Å². The van der Waals surface area contributed by atoms with E-state index >= 15 is 0 Å². The molecule has 150 valence electrons. The lowest BCUT2D eigenvalue weighted by molar-refractivity contribution is 0.232. The van der Waals surface area contributed by atoms with Crippen LogP contribution in [0.3, 0.4) is 0 Å². The first-order valence-electron chi connectivity index (χ1n) is 9.23. The van der Waals surface area contributed by atoms with Crippen LogP contribution in [0.4, 0.5) is 10.2 Å². The van der Waals surface area contributed by atoms with E-state index in [-0.39, 0.29) is 18.5 Å². The summed E-state index contributed by atoms with van der Waals surface area (Å²) in [6.07, 6.45) is 1.67. The molecule has 3 aromatic heterocycles. The van der Waals surface area contributed by atoms with Gasteiger partial charge in [-0.15, -0.1) is 0 Å². The predicted octanol–water partition coefficient (Wildman–Crippen LogP) is 3.22. The highest BCUT2D eigenvalue weighted by molar-refractivity contribution is 5.75. The second-order valence-electron chi connectivity index (χ2n) is 6.84. The average Bonchev–Trinajstić information content (AvgIpc) is 3.32. The molecule has 4 aromatic rings. The molecule has 1 atom stereocenters. The molecule has 0 fully saturated rings. The second kappa shape index (κ2) is 7.88. The van der Waals surface area contributed by atoms with E-state index in [0.717, 1.165) is 5.56 Å². The number of benzene rings is 1. The van der Waals surface area contributed by atoms with Crippen LogP contribution in [0.1, 0.15) is 25.5 Å².